The standard InChI is InChI=1S/C15H14N2O4/c18-14(19)11-8-12(10-4-2-1-3-5-10)17-7-6-16(15(20)21)9-13(11)17/h1-5,8H,6-7,9H2,(H,18,19)(H,20,21). The number of carboxylic acid groups (broad SMARTS) is 2. The first kappa shape index (κ1) is 13.2. The van der Waals surface area contributed by atoms with Crippen molar-refractivity contribution in [1.29, 1.82) is 0 Å². The normalized spacial score (nSPS) is 13.8. The van der Waals surface area contributed by atoms with Crippen LogP contribution in [0.15, 0.2) is 36.4 Å². The number of carbonyl (C=O) groups is 2. The SMILES string of the molecule is O=C(O)c1cc(-c2ccccc2)n2c1CN(C(=O)O)CC2. The van der Waals surface area contributed by atoms with Gasteiger partial charge in [0.2, 0.25) is 0 Å². The highest BCUT2D eigenvalue weighted by molar-refractivity contribution is 5.91. The summed E-state index contributed by atoms with van der Waals surface area (Å²) in [5.41, 5.74) is 2.44. The molecule has 0 spiro atoms. The molecule has 2 N–H and O–H groups in total. The van der Waals surface area contributed by atoms with E-state index in [0.717, 1.165) is 11.3 Å². The number of carboxylic acids is 1. The molecular formula is C15H14N2O4. The smallest absolute Gasteiger partial charge is 0.407 e. The van der Waals surface area contributed by atoms with Crippen LogP contribution in [0.25, 0.3) is 11.3 Å². The van der Waals surface area contributed by atoms with Gasteiger partial charge >= 0.3 is 12.1 Å². The fourth-order valence-electron chi connectivity index (χ4n) is 2.69. The maximum absolute atomic E-state index is 11.4. The van der Waals surface area contributed by atoms with Crippen LogP contribution < -0.4 is 0 Å². The molecule has 0 unspecified atom stereocenters. The Labute approximate surface area is 120 Å². The van der Waals surface area contributed by atoms with Crippen LogP contribution in [0.2, 0.25) is 0 Å². The van der Waals surface area contributed by atoms with Gasteiger partial charge in [0.1, 0.15) is 0 Å². The van der Waals surface area contributed by atoms with Crippen LogP contribution in [0, 0.1) is 0 Å². The molecule has 0 fully saturated rings. The molecule has 1 aliphatic heterocycles. The Hall–Kier alpha value is -2.76. The lowest BCUT2D eigenvalue weighted by molar-refractivity contribution is 0.0691. The van der Waals surface area contributed by atoms with Crippen LogP contribution in [0.3, 0.4) is 0 Å². The van der Waals surface area contributed by atoms with Crippen molar-refractivity contribution in [3.63, 3.8) is 0 Å². The lowest BCUT2D eigenvalue weighted by Gasteiger charge is -2.27. The Kier molecular flexibility index (Phi) is 3.13. The number of fused-ring (bicyclic) bond motifs is 1. The lowest BCUT2D eigenvalue weighted by Crippen LogP contribution is -2.37. The number of hydrogen-bond donors (Lipinski definition) is 2. The maximum Gasteiger partial charge on any atom is 0.407 e. The first-order valence-corrected chi connectivity index (χ1v) is 6.57. The third-order valence-electron chi connectivity index (χ3n) is 3.71. The molecule has 3 rings (SSSR count). The zero-order valence-corrected chi connectivity index (χ0v) is 11.2. The Morgan fingerprint density at radius 3 is 2.38 bits per heavy atom. The third-order valence-corrected chi connectivity index (χ3v) is 3.71. The number of aromatic nitrogens is 1. The minimum atomic E-state index is -1.03. The molecule has 6 heteroatoms. The predicted octanol–water partition coefficient (Wildman–Crippen LogP) is 2.35. The molecule has 0 radical (unpaired) electrons. The second-order valence-electron chi connectivity index (χ2n) is 4.92. The van der Waals surface area contributed by atoms with Crippen LogP contribution in [0.1, 0.15) is 16.1 Å². The van der Waals surface area contributed by atoms with Crippen molar-refractivity contribution in [3.8, 4) is 11.3 Å². The van der Waals surface area contributed by atoms with E-state index < -0.39 is 12.1 Å². The molecule has 0 aliphatic carbocycles. The average molecular weight is 286 g/mol. The van der Waals surface area contributed by atoms with Crippen molar-refractivity contribution in [2.45, 2.75) is 13.1 Å². The summed E-state index contributed by atoms with van der Waals surface area (Å²) in [5, 5.41) is 18.4. The molecule has 2 heterocycles. The topological polar surface area (TPSA) is 82.8 Å². The highest BCUT2D eigenvalue weighted by Crippen LogP contribution is 2.29. The van der Waals surface area contributed by atoms with Crippen LogP contribution in [-0.4, -0.2) is 38.3 Å². The predicted molar refractivity (Wildman–Crippen MR) is 75.3 cm³/mol. The van der Waals surface area contributed by atoms with Crippen molar-refractivity contribution in [2.75, 3.05) is 6.54 Å². The van der Waals surface area contributed by atoms with Gasteiger partial charge in [0.15, 0.2) is 0 Å². The zero-order chi connectivity index (χ0) is 15.0. The van der Waals surface area contributed by atoms with E-state index in [0.29, 0.717) is 18.8 Å². The van der Waals surface area contributed by atoms with Gasteiger partial charge in [-0.1, -0.05) is 30.3 Å². The molecule has 0 saturated carbocycles. The summed E-state index contributed by atoms with van der Waals surface area (Å²) in [4.78, 5) is 23.7. The van der Waals surface area contributed by atoms with E-state index >= 15 is 0 Å². The van der Waals surface area contributed by atoms with Gasteiger partial charge in [0.25, 0.3) is 0 Å². The number of rotatable bonds is 2. The maximum atomic E-state index is 11.4. The number of amides is 1. The molecule has 0 bridgehead atoms. The number of nitrogens with zero attached hydrogens (tertiary/aromatic N) is 2. The number of benzene rings is 1. The summed E-state index contributed by atoms with van der Waals surface area (Å²) in [5.74, 6) is -1.03. The first-order valence-electron chi connectivity index (χ1n) is 6.57. The molecule has 0 atom stereocenters. The van der Waals surface area contributed by atoms with Crippen LogP contribution in [-0.2, 0) is 13.1 Å². The van der Waals surface area contributed by atoms with E-state index in [4.69, 9.17) is 5.11 Å². The largest absolute Gasteiger partial charge is 0.478 e. The third kappa shape index (κ3) is 2.24. The molecule has 21 heavy (non-hydrogen) atoms. The van der Waals surface area contributed by atoms with E-state index in [1.54, 1.807) is 6.07 Å². The summed E-state index contributed by atoms with van der Waals surface area (Å²) < 4.78 is 1.90. The average Bonchev–Trinajstić information content (AvgIpc) is 2.87. The van der Waals surface area contributed by atoms with E-state index in [-0.39, 0.29) is 12.1 Å². The second-order valence-corrected chi connectivity index (χ2v) is 4.92. The lowest BCUT2D eigenvalue weighted by atomic mass is 10.1. The molecule has 0 saturated heterocycles. The summed E-state index contributed by atoms with van der Waals surface area (Å²) in [7, 11) is 0. The fraction of sp³-hybridized carbons (Fsp3) is 0.200. The zero-order valence-electron chi connectivity index (χ0n) is 11.2. The Morgan fingerprint density at radius 2 is 1.76 bits per heavy atom. The van der Waals surface area contributed by atoms with Gasteiger partial charge in [-0.2, -0.15) is 0 Å². The van der Waals surface area contributed by atoms with Gasteiger partial charge in [0.05, 0.1) is 17.8 Å². The van der Waals surface area contributed by atoms with Gasteiger partial charge in [0, 0.05) is 18.8 Å². The molecule has 1 aromatic heterocycles. The second kappa shape index (κ2) is 4.97. The summed E-state index contributed by atoms with van der Waals surface area (Å²) in [6.07, 6.45) is -1.03. The quantitative estimate of drug-likeness (QED) is 0.887. The van der Waals surface area contributed by atoms with Gasteiger partial charge < -0.3 is 19.7 Å². The number of hydrogen-bond acceptors (Lipinski definition) is 2. The van der Waals surface area contributed by atoms with Crippen LogP contribution in [0.4, 0.5) is 4.79 Å². The monoisotopic (exact) mass is 286 g/mol. The molecule has 108 valence electrons. The van der Waals surface area contributed by atoms with Crippen molar-refractivity contribution >= 4 is 12.1 Å². The molecule has 1 aromatic carbocycles. The number of aromatic carboxylic acids is 1. The minimum Gasteiger partial charge on any atom is -0.478 e. The molecule has 1 amide bonds. The van der Waals surface area contributed by atoms with Crippen molar-refractivity contribution in [1.82, 2.24) is 9.47 Å². The Morgan fingerprint density at radius 1 is 1.05 bits per heavy atom. The minimum absolute atomic E-state index is 0.101. The highest BCUT2D eigenvalue weighted by Gasteiger charge is 2.27. The van der Waals surface area contributed by atoms with Crippen LogP contribution in [0.5, 0.6) is 0 Å². The summed E-state index contributed by atoms with van der Waals surface area (Å²) in [6.45, 7) is 0.916. The van der Waals surface area contributed by atoms with Gasteiger partial charge in [-0.25, -0.2) is 9.59 Å². The Balaban J connectivity index is 2.12. The van der Waals surface area contributed by atoms with Gasteiger partial charge in [-0.15, -0.1) is 0 Å². The van der Waals surface area contributed by atoms with E-state index in [9.17, 15) is 14.7 Å². The van der Waals surface area contributed by atoms with E-state index in [2.05, 4.69) is 0 Å². The molecule has 6 nitrogen and oxygen atoms in total. The molecule has 1 aliphatic rings. The molecule has 2 aromatic rings. The van der Waals surface area contributed by atoms with Crippen molar-refractivity contribution in [3.05, 3.63) is 47.7 Å². The van der Waals surface area contributed by atoms with Gasteiger partial charge in [-0.05, 0) is 11.6 Å². The summed E-state index contributed by atoms with van der Waals surface area (Å²) in [6, 6.07) is 11.1. The highest BCUT2D eigenvalue weighted by atomic mass is 16.4. The van der Waals surface area contributed by atoms with Crippen LogP contribution >= 0.6 is 0 Å². The summed E-state index contributed by atoms with van der Waals surface area (Å²) >= 11 is 0. The van der Waals surface area contributed by atoms with Gasteiger partial charge in [-0.3, -0.25) is 0 Å². The Bertz CT molecular complexity index is 706. The van der Waals surface area contributed by atoms with E-state index in [1.807, 2.05) is 34.9 Å². The molecular weight excluding hydrogens is 272 g/mol. The van der Waals surface area contributed by atoms with Crippen molar-refractivity contribution in [2.24, 2.45) is 0 Å². The van der Waals surface area contributed by atoms with E-state index in [1.165, 1.54) is 4.90 Å². The van der Waals surface area contributed by atoms with Crippen molar-refractivity contribution < 1.29 is 19.8 Å². The fourth-order valence-corrected chi connectivity index (χ4v) is 2.69. The first-order chi connectivity index (χ1) is 10.1.